The molecule has 4 heterocycles. The molecule has 1 N–H and O–H groups in total. The molecule has 9 rings (SSSR count). The first-order valence-electron chi connectivity index (χ1n) is 11.4. The van der Waals surface area contributed by atoms with Crippen LogP contribution in [0.3, 0.4) is 0 Å². The minimum absolute atomic E-state index is 0.0365. The van der Waals surface area contributed by atoms with E-state index in [-0.39, 0.29) is 33.6 Å². The van der Waals surface area contributed by atoms with Crippen LogP contribution in [0.4, 0.5) is 4.79 Å². The number of nitrogens with zero attached hydrogens (tertiary/aromatic N) is 2. The zero-order chi connectivity index (χ0) is 21.8. The SMILES string of the molecule is O=C1SC2C(=O)N1C2c1ccc(-c2cc(Cl)c(O)c(C34CC5CC(CC(C5)C3)C4)c2)nc1. The Morgan fingerprint density at radius 3 is 2.28 bits per heavy atom. The number of β-lactam (4-membered cyclic amide) rings is 1. The van der Waals surface area contributed by atoms with Crippen LogP contribution in [0.25, 0.3) is 11.3 Å². The number of pyridine rings is 1. The first-order valence-corrected chi connectivity index (χ1v) is 12.7. The molecule has 2 unspecified atom stereocenters. The van der Waals surface area contributed by atoms with Crippen molar-refractivity contribution in [3.63, 3.8) is 0 Å². The molecule has 1 aromatic heterocycles. The number of aromatic nitrogens is 1. The number of thioether (sulfide) groups is 1. The van der Waals surface area contributed by atoms with Gasteiger partial charge in [0.15, 0.2) is 0 Å². The number of rotatable bonds is 3. The van der Waals surface area contributed by atoms with Gasteiger partial charge in [0.25, 0.3) is 5.24 Å². The zero-order valence-corrected chi connectivity index (χ0v) is 19.0. The predicted octanol–water partition coefficient (Wildman–Crippen LogP) is 5.69. The molecule has 4 aliphatic carbocycles. The van der Waals surface area contributed by atoms with Gasteiger partial charge in [-0.05, 0) is 97.2 Å². The van der Waals surface area contributed by atoms with Crippen molar-refractivity contribution < 1.29 is 14.7 Å². The van der Waals surface area contributed by atoms with Crippen LogP contribution in [-0.4, -0.2) is 31.4 Å². The summed E-state index contributed by atoms with van der Waals surface area (Å²) in [4.78, 5) is 29.8. The van der Waals surface area contributed by atoms with Crippen molar-refractivity contribution in [3.8, 4) is 17.0 Å². The van der Waals surface area contributed by atoms with E-state index in [9.17, 15) is 14.7 Å². The summed E-state index contributed by atoms with van der Waals surface area (Å²) in [6.07, 6.45) is 9.25. The van der Waals surface area contributed by atoms with Crippen molar-refractivity contribution in [1.29, 1.82) is 0 Å². The number of hydrogen-bond acceptors (Lipinski definition) is 5. The van der Waals surface area contributed by atoms with Gasteiger partial charge in [0.1, 0.15) is 11.0 Å². The molecule has 4 saturated carbocycles. The average Bonchev–Trinajstić information content (AvgIpc) is 3.26. The number of carbonyl (C=O) groups is 2. The fourth-order valence-electron chi connectivity index (χ4n) is 7.61. The number of phenolic OH excluding ortho intramolecular Hbond substituents is 1. The second-order valence-electron chi connectivity index (χ2n) is 10.5. The molecule has 6 bridgehead atoms. The quantitative estimate of drug-likeness (QED) is 0.588. The molecule has 2 atom stereocenters. The van der Waals surface area contributed by atoms with Crippen molar-refractivity contribution in [1.82, 2.24) is 9.88 Å². The molecule has 1 aromatic carbocycles. The molecule has 32 heavy (non-hydrogen) atoms. The summed E-state index contributed by atoms with van der Waals surface area (Å²) in [6.45, 7) is 0. The van der Waals surface area contributed by atoms with Crippen molar-refractivity contribution in [2.24, 2.45) is 17.8 Å². The van der Waals surface area contributed by atoms with E-state index in [2.05, 4.69) is 11.1 Å². The largest absolute Gasteiger partial charge is 0.506 e. The molecular weight excluding hydrogens is 444 g/mol. The van der Waals surface area contributed by atoms with E-state index in [0.29, 0.717) is 5.02 Å². The molecule has 7 heteroatoms. The van der Waals surface area contributed by atoms with Gasteiger partial charge in [0, 0.05) is 17.3 Å². The second-order valence-corrected chi connectivity index (χ2v) is 12.0. The Balaban J connectivity index is 1.24. The standard InChI is InChI=1S/C25H23ClN2O3S/c26-18-7-16(19-2-1-15(11-27-19)20-22-23(30)28(20)24(31)32-22)6-17(21(18)29)25-8-12-3-13(9-25)5-14(4-12)10-25/h1-2,6-7,11-14,20,22,29H,3-5,8-10H2. The smallest absolute Gasteiger partial charge is 0.289 e. The molecule has 2 amide bonds. The lowest BCUT2D eigenvalue weighted by atomic mass is 9.48. The second kappa shape index (κ2) is 6.51. The molecular formula is C25H23ClN2O3S. The van der Waals surface area contributed by atoms with Crippen LogP contribution in [0.1, 0.15) is 55.7 Å². The molecule has 164 valence electrons. The minimum atomic E-state index is -0.305. The van der Waals surface area contributed by atoms with E-state index in [1.54, 1.807) is 12.3 Å². The van der Waals surface area contributed by atoms with Crippen molar-refractivity contribution in [2.75, 3.05) is 0 Å². The molecule has 7 aliphatic rings. The van der Waals surface area contributed by atoms with Crippen LogP contribution in [0.5, 0.6) is 5.75 Å². The molecule has 3 aliphatic heterocycles. The van der Waals surface area contributed by atoms with Gasteiger partial charge in [-0.15, -0.1) is 0 Å². The number of phenols is 1. The van der Waals surface area contributed by atoms with Crippen LogP contribution in [-0.2, 0) is 10.2 Å². The van der Waals surface area contributed by atoms with Crippen LogP contribution in [0, 0.1) is 17.8 Å². The Hall–Kier alpha value is -2.05. The number of imide groups is 1. The first kappa shape index (κ1) is 19.4. The maximum Gasteiger partial charge on any atom is 0.289 e. The lowest BCUT2D eigenvalue weighted by molar-refractivity contribution is -0.137. The molecule has 0 radical (unpaired) electrons. The fraction of sp³-hybridized carbons (Fsp3) is 0.480. The van der Waals surface area contributed by atoms with Gasteiger partial charge >= 0.3 is 0 Å². The van der Waals surface area contributed by atoms with Crippen molar-refractivity contribution in [2.45, 2.75) is 55.2 Å². The van der Waals surface area contributed by atoms with Crippen LogP contribution in [0.2, 0.25) is 5.02 Å². The van der Waals surface area contributed by atoms with E-state index in [4.69, 9.17) is 11.6 Å². The fourth-order valence-corrected chi connectivity index (χ4v) is 8.99. The van der Waals surface area contributed by atoms with Crippen LogP contribution >= 0.6 is 23.4 Å². The van der Waals surface area contributed by atoms with E-state index >= 15 is 0 Å². The monoisotopic (exact) mass is 466 g/mol. The van der Waals surface area contributed by atoms with Crippen LogP contribution < -0.4 is 0 Å². The Morgan fingerprint density at radius 1 is 1.06 bits per heavy atom. The predicted molar refractivity (Wildman–Crippen MR) is 123 cm³/mol. The lowest BCUT2D eigenvalue weighted by Gasteiger charge is -2.57. The highest BCUT2D eigenvalue weighted by Crippen LogP contribution is 2.62. The molecule has 2 aromatic rings. The normalized spacial score (nSPS) is 36.7. The summed E-state index contributed by atoms with van der Waals surface area (Å²) >= 11 is 7.64. The van der Waals surface area contributed by atoms with Crippen molar-refractivity contribution >= 4 is 34.5 Å². The number of halogens is 1. The van der Waals surface area contributed by atoms with Gasteiger partial charge in [-0.25, -0.2) is 0 Å². The third kappa shape index (κ3) is 2.57. The summed E-state index contributed by atoms with van der Waals surface area (Å²) in [6, 6.07) is 7.58. The maximum absolute atomic E-state index is 11.9. The number of benzene rings is 1. The third-order valence-electron chi connectivity index (χ3n) is 8.57. The summed E-state index contributed by atoms with van der Waals surface area (Å²) in [5.74, 6) is 2.46. The minimum Gasteiger partial charge on any atom is -0.506 e. The van der Waals surface area contributed by atoms with Gasteiger partial charge in [-0.2, -0.15) is 0 Å². The molecule has 0 spiro atoms. The molecule has 3 saturated heterocycles. The van der Waals surface area contributed by atoms with Gasteiger partial charge in [-0.3, -0.25) is 19.5 Å². The first-order chi connectivity index (χ1) is 15.4. The van der Waals surface area contributed by atoms with Gasteiger partial charge in [-0.1, -0.05) is 17.7 Å². The Kier molecular flexibility index (Phi) is 3.95. The Labute approximate surface area is 195 Å². The van der Waals surface area contributed by atoms with Gasteiger partial charge < -0.3 is 5.11 Å². The molecule has 7 fully saturated rings. The maximum atomic E-state index is 11.9. The van der Waals surface area contributed by atoms with Gasteiger partial charge in [0.2, 0.25) is 5.91 Å². The highest BCUT2D eigenvalue weighted by molar-refractivity contribution is 8.15. The lowest BCUT2D eigenvalue weighted by Crippen LogP contribution is -2.50. The number of carbonyl (C=O) groups excluding carboxylic acids is 2. The van der Waals surface area contributed by atoms with Gasteiger partial charge in [0.05, 0.1) is 16.8 Å². The summed E-state index contributed by atoms with van der Waals surface area (Å²) in [7, 11) is 0. The Bertz CT molecular complexity index is 1140. The highest BCUT2D eigenvalue weighted by Gasteiger charge is 2.60. The Morgan fingerprint density at radius 2 is 1.75 bits per heavy atom. The van der Waals surface area contributed by atoms with Crippen LogP contribution in [0.15, 0.2) is 30.5 Å². The molecule has 5 nitrogen and oxygen atoms in total. The third-order valence-corrected chi connectivity index (χ3v) is 9.97. The van der Waals surface area contributed by atoms with Crippen molar-refractivity contribution in [3.05, 3.63) is 46.6 Å². The highest BCUT2D eigenvalue weighted by atomic mass is 35.5. The van der Waals surface area contributed by atoms with E-state index in [1.165, 1.54) is 24.2 Å². The summed E-state index contributed by atoms with van der Waals surface area (Å²) < 4.78 is 0. The zero-order valence-electron chi connectivity index (χ0n) is 17.5. The number of aromatic hydroxyl groups is 1. The van der Waals surface area contributed by atoms with E-state index < -0.39 is 0 Å². The van der Waals surface area contributed by atoms with E-state index in [0.717, 1.165) is 71.2 Å². The summed E-state index contributed by atoms with van der Waals surface area (Å²) in [5.41, 5.74) is 3.61. The average molecular weight is 467 g/mol. The number of fused-ring (bicyclic) bond motifs is 1. The van der Waals surface area contributed by atoms with E-state index in [1.807, 2.05) is 12.1 Å². The topological polar surface area (TPSA) is 70.5 Å². The number of amides is 2. The summed E-state index contributed by atoms with van der Waals surface area (Å²) in [5, 5.41) is 10.9. The number of hydrogen-bond donors (Lipinski definition) is 1.